The lowest BCUT2D eigenvalue weighted by molar-refractivity contribution is -0.0705. The largest absolute Gasteiger partial charge is 0.570 e. The van der Waals surface area contributed by atoms with Gasteiger partial charge in [-0.3, -0.25) is 28.0 Å². The molecule has 7 rings (SSSR count). The number of fused-ring (bicyclic) bond motifs is 5. The average Bonchev–Trinajstić information content (AvgIpc) is 3.72. The van der Waals surface area contributed by atoms with Crippen molar-refractivity contribution in [3.8, 4) is 0 Å². The number of hydrogen-bond acceptors (Lipinski definition) is 17. The minimum atomic E-state index is -5.05. The number of aliphatic hydroxyl groups excluding tert-OH is 1. The van der Waals surface area contributed by atoms with Crippen molar-refractivity contribution in [3.05, 3.63) is 35.3 Å². The minimum absolute atomic E-state index is 0.0995. The number of phosphoric acid groups is 1. The smallest absolute Gasteiger partial charge is 0.397 e. The number of phosphoric ester groups is 1. The Labute approximate surface area is 255 Å². The maximum atomic E-state index is 13.2. The highest BCUT2D eigenvalue weighted by molar-refractivity contribution is 7.54. The van der Waals surface area contributed by atoms with Gasteiger partial charge in [0.2, 0.25) is 5.95 Å². The Bertz CT molecular complexity index is 1870. The standard InChI is InChI=1S/C21H24ClN9O12P2/c22-10-14-9(41-19(10)30-5-26-11-7(23)1-2-25-16(11)30)4-39-45(36,37)43-15-13(32)8(3-38-44(34,35)42-14)40-20(15)31-6-27-12-17(31)28-21(24)29-18(12)33/h1-2,5-6,8-10,13-15,19-20,32,34-35H,3-4H2,(H5-,23,24,25,28,29,33,36,37)/p+1/t8-,9-,10+,13-,14-,15-,19-,20-/m1/s1. The van der Waals surface area contributed by atoms with Gasteiger partial charge in [0.05, 0.1) is 24.9 Å². The van der Waals surface area contributed by atoms with Crippen molar-refractivity contribution in [1.82, 2.24) is 34.1 Å². The molecule has 9 atom stereocenters. The number of imidazole rings is 2. The zero-order valence-electron chi connectivity index (χ0n) is 22.5. The molecule has 0 aromatic carbocycles. The number of nitrogens with two attached hydrogens (primary N) is 2. The van der Waals surface area contributed by atoms with Crippen LogP contribution < -0.4 is 17.0 Å². The third kappa shape index (κ3) is 5.48. The summed E-state index contributed by atoms with van der Waals surface area (Å²) in [5.41, 5.74) is 11.7. The highest BCUT2D eigenvalue weighted by Crippen LogP contribution is 2.58. The van der Waals surface area contributed by atoms with Crippen LogP contribution in [0.5, 0.6) is 0 Å². The monoisotopic (exact) mass is 692 g/mol. The number of H-pyrrole nitrogens is 1. The Morgan fingerprint density at radius 2 is 1.73 bits per heavy atom. The predicted molar refractivity (Wildman–Crippen MR) is 151 cm³/mol. The van der Waals surface area contributed by atoms with Gasteiger partial charge in [-0.05, 0) is 6.07 Å². The van der Waals surface area contributed by atoms with E-state index in [-0.39, 0.29) is 17.1 Å². The molecule has 3 fully saturated rings. The number of nitrogens with one attached hydrogen (secondary N) is 1. The van der Waals surface area contributed by atoms with Gasteiger partial charge in [0, 0.05) is 6.20 Å². The van der Waals surface area contributed by atoms with Crippen molar-refractivity contribution in [2.75, 3.05) is 24.7 Å². The average molecular weight is 693 g/mol. The van der Waals surface area contributed by atoms with Gasteiger partial charge in [-0.15, -0.1) is 16.1 Å². The first-order chi connectivity index (χ1) is 21.3. The van der Waals surface area contributed by atoms with Crippen LogP contribution >= 0.6 is 27.6 Å². The van der Waals surface area contributed by atoms with Gasteiger partial charge in [0.1, 0.15) is 41.9 Å². The molecule has 0 spiro atoms. The zero-order chi connectivity index (χ0) is 31.8. The molecular weight excluding hydrogens is 668 g/mol. The van der Waals surface area contributed by atoms with Crippen molar-refractivity contribution in [1.29, 1.82) is 0 Å². The van der Waals surface area contributed by atoms with Crippen LogP contribution in [0, 0.1) is 0 Å². The van der Waals surface area contributed by atoms with E-state index >= 15 is 0 Å². The number of aliphatic hydroxyl groups is 1. The molecule has 0 aliphatic carbocycles. The van der Waals surface area contributed by atoms with Crippen LogP contribution in [-0.4, -0.2) is 103 Å². The molecule has 242 valence electrons. The molecule has 7 heterocycles. The summed E-state index contributed by atoms with van der Waals surface area (Å²) >= 11 is 6.69. The van der Waals surface area contributed by atoms with Crippen molar-refractivity contribution < 1.29 is 51.9 Å². The number of alkyl halides is 1. The molecule has 3 saturated heterocycles. The highest BCUT2D eigenvalue weighted by atomic mass is 35.5. The lowest BCUT2D eigenvalue weighted by Crippen LogP contribution is -2.35. The predicted octanol–water partition coefficient (Wildman–Crippen LogP) is -0.928. The van der Waals surface area contributed by atoms with Gasteiger partial charge >= 0.3 is 16.0 Å². The molecule has 3 aliphatic rings. The molecule has 21 nitrogen and oxygen atoms in total. The molecule has 1 unspecified atom stereocenters. The molecule has 9 N–H and O–H groups in total. The van der Waals surface area contributed by atoms with E-state index in [1.54, 1.807) is 6.07 Å². The molecule has 4 aromatic heterocycles. The fraction of sp³-hybridized carbons (Fsp3) is 0.476. The summed E-state index contributed by atoms with van der Waals surface area (Å²) in [7, 11) is -9.78. The molecule has 0 amide bonds. The third-order valence-corrected chi connectivity index (χ3v) is 9.85. The molecule has 45 heavy (non-hydrogen) atoms. The molecular formula is C21H25ClN9O12P2+. The molecule has 3 aliphatic heterocycles. The number of ether oxygens (including phenoxy) is 2. The van der Waals surface area contributed by atoms with Gasteiger partial charge in [-0.25, -0.2) is 19.5 Å². The van der Waals surface area contributed by atoms with Gasteiger partial charge in [-0.2, -0.15) is 19.3 Å². The van der Waals surface area contributed by atoms with Crippen LogP contribution in [0.1, 0.15) is 12.5 Å². The van der Waals surface area contributed by atoms with E-state index in [0.717, 1.165) is 10.9 Å². The van der Waals surface area contributed by atoms with Gasteiger partial charge in [0.25, 0.3) is 5.56 Å². The van der Waals surface area contributed by atoms with Crippen molar-refractivity contribution in [2.45, 2.75) is 48.4 Å². The maximum Gasteiger partial charge on any atom is 0.570 e. The third-order valence-electron chi connectivity index (χ3n) is 7.39. The van der Waals surface area contributed by atoms with E-state index in [4.69, 9.17) is 50.6 Å². The Morgan fingerprint density at radius 1 is 1.02 bits per heavy atom. The summed E-state index contributed by atoms with van der Waals surface area (Å²) in [6.07, 6.45) is -6.09. The minimum Gasteiger partial charge on any atom is -0.397 e. The number of halogens is 1. The Balaban J connectivity index is 1.20. The number of nitrogens with zero attached hydrogens (tertiary/aromatic N) is 6. The van der Waals surface area contributed by atoms with Crippen molar-refractivity contribution >= 4 is 61.6 Å². The highest BCUT2D eigenvalue weighted by Gasteiger charge is 2.58. The van der Waals surface area contributed by atoms with Gasteiger partial charge < -0.3 is 30.9 Å². The number of aromatic amines is 1. The fourth-order valence-electron chi connectivity index (χ4n) is 5.35. The van der Waals surface area contributed by atoms with Crippen LogP contribution in [-0.2, 0) is 32.1 Å². The maximum absolute atomic E-state index is 13.2. The van der Waals surface area contributed by atoms with Gasteiger partial charge in [0.15, 0.2) is 35.4 Å². The Hall–Kier alpha value is -2.88. The van der Waals surface area contributed by atoms with Crippen LogP contribution in [0.25, 0.3) is 22.3 Å². The molecule has 24 heteroatoms. The van der Waals surface area contributed by atoms with E-state index < -0.39 is 83.1 Å². The summed E-state index contributed by atoms with van der Waals surface area (Å²) in [5.74, 6) is -0.263. The van der Waals surface area contributed by atoms with Crippen LogP contribution in [0.3, 0.4) is 0 Å². The van der Waals surface area contributed by atoms with Crippen LogP contribution in [0.2, 0.25) is 0 Å². The number of aromatic nitrogens is 7. The first-order valence-corrected chi connectivity index (χ1v) is 16.5. The van der Waals surface area contributed by atoms with E-state index in [9.17, 15) is 29.1 Å². The first-order valence-electron chi connectivity index (χ1n) is 13.1. The lowest BCUT2D eigenvalue weighted by Gasteiger charge is -2.25. The first kappa shape index (κ1) is 30.8. The summed E-state index contributed by atoms with van der Waals surface area (Å²) in [5, 5.41) is 9.87. The summed E-state index contributed by atoms with van der Waals surface area (Å²) in [6.45, 7) is -1.43. The zero-order valence-corrected chi connectivity index (χ0v) is 25.1. The van der Waals surface area contributed by atoms with Crippen LogP contribution in [0.4, 0.5) is 11.6 Å². The SMILES string of the molecule is Nc1nc2c(ncn2[C@@H]2O[C@@H]3CO[P+](O)(O)O[C@H]4[C@H](Cl)[C@H](n5cnc6c(N)ccnc65)O[C@@H]4COP(=O)(O)O[C@@H]2[C@@H]3O)c(=O)[nH]1. The van der Waals surface area contributed by atoms with Gasteiger partial charge in [-0.1, -0.05) is 0 Å². The summed E-state index contributed by atoms with van der Waals surface area (Å²) < 4.78 is 49.0. The van der Waals surface area contributed by atoms with Crippen molar-refractivity contribution in [2.24, 2.45) is 0 Å². The van der Waals surface area contributed by atoms with E-state index in [2.05, 4.69) is 24.9 Å². The second kappa shape index (κ2) is 11.1. The second-order valence-corrected chi connectivity index (χ2v) is 13.6. The number of anilines is 2. The molecule has 4 aromatic rings. The number of hydrogen-bond donors (Lipinski definition) is 7. The fourth-order valence-corrected chi connectivity index (χ4v) is 7.74. The quantitative estimate of drug-likeness (QED) is 0.0986. The van der Waals surface area contributed by atoms with E-state index in [1.807, 2.05) is 0 Å². The van der Waals surface area contributed by atoms with Crippen molar-refractivity contribution in [3.63, 3.8) is 0 Å². The topological polar surface area (TPSA) is 300 Å². The number of nitrogen functional groups attached to an aromatic ring is 2. The molecule has 0 saturated carbocycles. The lowest BCUT2D eigenvalue weighted by atomic mass is 10.1. The normalized spacial score (nSPS) is 35.6. The Morgan fingerprint density at radius 3 is 2.51 bits per heavy atom. The van der Waals surface area contributed by atoms with Crippen LogP contribution in [0.15, 0.2) is 29.7 Å². The molecule has 2 bridgehead atoms. The van der Waals surface area contributed by atoms with E-state index in [1.165, 1.54) is 17.1 Å². The second-order valence-electron chi connectivity index (χ2n) is 10.3. The molecule has 0 radical (unpaired) electrons. The van der Waals surface area contributed by atoms with E-state index in [0.29, 0.717) is 16.9 Å². The number of rotatable bonds is 2. The summed E-state index contributed by atoms with van der Waals surface area (Å²) in [6, 6.07) is 1.55. The Kier molecular flexibility index (Phi) is 7.61. The summed E-state index contributed by atoms with van der Waals surface area (Å²) in [4.78, 5) is 63.3. The number of pyridine rings is 1.